The molecule has 0 radical (unpaired) electrons. The van der Waals surface area contributed by atoms with Gasteiger partial charge in [0.25, 0.3) is 0 Å². The van der Waals surface area contributed by atoms with E-state index in [1.807, 2.05) is 30.3 Å². The summed E-state index contributed by atoms with van der Waals surface area (Å²) < 4.78 is 39.0. The van der Waals surface area contributed by atoms with Crippen LogP contribution in [0.25, 0.3) is 0 Å². The van der Waals surface area contributed by atoms with Crippen molar-refractivity contribution < 1.29 is 22.8 Å². The number of fused-ring (bicyclic) bond motifs is 1. The maximum atomic E-state index is 13.5. The van der Waals surface area contributed by atoms with Crippen molar-refractivity contribution in [3.05, 3.63) is 77.4 Å². The van der Waals surface area contributed by atoms with Crippen molar-refractivity contribution in [1.82, 2.24) is 14.7 Å². The summed E-state index contributed by atoms with van der Waals surface area (Å²) in [5, 5.41) is 2.08. The summed E-state index contributed by atoms with van der Waals surface area (Å²) in [7, 11) is 0. The third-order valence-corrected chi connectivity index (χ3v) is 9.82. The number of piperazine rings is 1. The molecule has 226 valence electrons. The minimum absolute atomic E-state index is 0.106. The van der Waals surface area contributed by atoms with Crippen molar-refractivity contribution >= 4 is 29.2 Å². The van der Waals surface area contributed by atoms with Gasteiger partial charge in [-0.15, -0.1) is 11.6 Å². The van der Waals surface area contributed by atoms with Gasteiger partial charge in [0.2, 0.25) is 5.91 Å². The Hall–Kier alpha value is -3.04. The molecule has 3 amide bonds. The van der Waals surface area contributed by atoms with Gasteiger partial charge < -0.3 is 15.1 Å². The molecule has 0 aromatic heterocycles. The van der Waals surface area contributed by atoms with Crippen LogP contribution < -0.4 is 5.32 Å². The normalized spacial score (nSPS) is 22.5. The number of benzene rings is 2. The maximum absolute atomic E-state index is 13.5. The van der Waals surface area contributed by atoms with Gasteiger partial charge in [-0.25, -0.2) is 4.79 Å². The van der Waals surface area contributed by atoms with Crippen molar-refractivity contribution in [1.29, 1.82) is 0 Å². The molecule has 2 bridgehead atoms. The van der Waals surface area contributed by atoms with Crippen molar-refractivity contribution in [2.75, 3.05) is 51.1 Å². The molecule has 10 heteroatoms. The Kier molecular flexibility index (Phi) is 8.90. The molecular weight excluding hydrogens is 565 g/mol. The van der Waals surface area contributed by atoms with Gasteiger partial charge in [0, 0.05) is 51.5 Å². The Bertz CT molecular complexity index is 1290. The largest absolute Gasteiger partial charge is 0.416 e. The number of allylic oxidation sites excluding steroid dienone is 1. The number of rotatable bonds is 8. The second kappa shape index (κ2) is 12.3. The van der Waals surface area contributed by atoms with E-state index in [-0.39, 0.29) is 17.4 Å². The molecule has 42 heavy (non-hydrogen) atoms. The van der Waals surface area contributed by atoms with E-state index in [0.717, 1.165) is 30.5 Å². The first-order valence-electron chi connectivity index (χ1n) is 14.6. The van der Waals surface area contributed by atoms with Crippen LogP contribution in [0.2, 0.25) is 0 Å². The fourth-order valence-corrected chi connectivity index (χ4v) is 6.74. The molecule has 0 spiro atoms. The smallest absolute Gasteiger partial charge is 0.339 e. The van der Waals surface area contributed by atoms with Crippen molar-refractivity contribution in [2.24, 2.45) is 17.3 Å². The van der Waals surface area contributed by atoms with E-state index in [9.17, 15) is 22.8 Å². The van der Waals surface area contributed by atoms with Crippen molar-refractivity contribution in [3.8, 4) is 0 Å². The van der Waals surface area contributed by atoms with Crippen LogP contribution in [0.4, 0.5) is 23.7 Å². The Morgan fingerprint density at radius 3 is 2.31 bits per heavy atom. The standard InChI is InChI=1S/C32H38ClF3N4O2/c1-31(2)25-9-8-23(27(31)20-25)21-40(30(42)37-26-12-10-24(11-13-26)32(34,35)36)19-16-38-14-17-39(18-15-38)29(41)28(33)22-6-4-3-5-7-22/h3-8,10-13,25,27-28H,9,14-21H2,1-2H3,(H,37,42). The molecule has 3 aliphatic carbocycles. The number of amides is 3. The van der Waals surface area contributed by atoms with Crippen LogP contribution >= 0.6 is 11.6 Å². The summed E-state index contributed by atoms with van der Waals surface area (Å²) in [6.45, 7) is 8.56. The van der Waals surface area contributed by atoms with Gasteiger partial charge in [0.15, 0.2) is 0 Å². The van der Waals surface area contributed by atoms with Gasteiger partial charge in [-0.1, -0.05) is 55.8 Å². The lowest BCUT2D eigenvalue weighted by molar-refractivity contribution is -0.137. The first-order chi connectivity index (χ1) is 19.9. The number of nitrogens with zero attached hydrogens (tertiary/aromatic N) is 3. The summed E-state index contributed by atoms with van der Waals surface area (Å²) >= 11 is 6.47. The minimum atomic E-state index is -4.43. The Morgan fingerprint density at radius 1 is 1.05 bits per heavy atom. The molecule has 2 aromatic rings. The average molecular weight is 603 g/mol. The van der Waals surface area contributed by atoms with E-state index in [4.69, 9.17) is 11.6 Å². The van der Waals surface area contributed by atoms with Crippen LogP contribution in [-0.2, 0) is 11.0 Å². The van der Waals surface area contributed by atoms with Crippen molar-refractivity contribution in [2.45, 2.75) is 38.2 Å². The highest BCUT2D eigenvalue weighted by molar-refractivity contribution is 6.30. The van der Waals surface area contributed by atoms with Gasteiger partial charge in [-0.2, -0.15) is 13.2 Å². The second-order valence-electron chi connectivity index (χ2n) is 12.2. The zero-order valence-electron chi connectivity index (χ0n) is 24.0. The molecular formula is C32H38ClF3N4O2. The number of hydrogen-bond donors (Lipinski definition) is 1. The minimum Gasteiger partial charge on any atom is -0.339 e. The SMILES string of the molecule is CC1(C)C2CC=C(CN(CCN3CCN(C(=O)C(Cl)c4ccccc4)CC3)C(=O)Nc3ccc(C(F)(F)F)cc3)C1C2. The van der Waals surface area contributed by atoms with Gasteiger partial charge in [-0.3, -0.25) is 9.69 Å². The number of urea groups is 1. The van der Waals surface area contributed by atoms with Crippen molar-refractivity contribution in [3.63, 3.8) is 0 Å². The number of carbonyl (C=O) groups is 2. The van der Waals surface area contributed by atoms with E-state index in [1.165, 1.54) is 17.7 Å². The highest BCUT2D eigenvalue weighted by atomic mass is 35.5. The summed E-state index contributed by atoms with van der Waals surface area (Å²) in [4.78, 5) is 32.2. The third-order valence-electron chi connectivity index (χ3n) is 9.39. The molecule has 1 N–H and O–H groups in total. The second-order valence-corrected chi connectivity index (χ2v) is 12.6. The van der Waals surface area contributed by atoms with Gasteiger partial charge in [0.05, 0.1) is 5.56 Å². The van der Waals surface area contributed by atoms with E-state index in [0.29, 0.717) is 63.3 Å². The lowest BCUT2D eigenvalue weighted by Gasteiger charge is -2.57. The zero-order chi connectivity index (χ0) is 30.1. The maximum Gasteiger partial charge on any atom is 0.416 e. The van der Waals surface area contributed by atoms with Crippen LogP contribution in [0, 0.1) is 17.3 Å². The molecule has 1 saturated carbocycles. The number of anilines is 1. The number of nitrogens with one attached hydrogen (secondary N) is 1. The quantitative estimate of drug-likeness (QED) is 0.272. The van der Waals surface area contributed by atoms with Gasteiger partial charge in [-0.05, 0) is 59.9 Å². The molecule has 4 aliphatic rings. The highest BCUT2D eigenvalue weighted by Gasteiger charge is 2.51. The van der Waals surface area contributed by atoms with E-state index in [2.05, 4.69) is 30.1 Å². The van der Waals surface area contributed by atoms with Gasteiger partial charge in [0.1, 0.15) is 5.38 Å². The predicted octanol–water partition coefficient (Wildman–Crippen LogP) is 6.66. The van der Waals surface area contributed by atoms with Crippen LogP contribution in [0.3, 0.4) is 0 Å². The van der Waals surface area contributed by atoms with E-state index < -0.39 is 17.1 Å². The Balaban J connectivity index is 1.20. The van der Waals surface area contributed by atoms with E-state index >= 15 is 0 Å². The predicted molar refractivity (Wildman–Crippen MR) is 158 cm³/mol. The zero-order valence-corrected chi connectivity index (χ0v) is 24.8. The molecule has 3 unspecified atom stereocenters. The molecule has 2 fully saturated rings. The van der Waals surface area contributed by atoms with Crippen LogP contribution in [-0.4, -0.2) is 72.5 Å². The summed E-state index contributed by atoms with van der Waals surface area (Å²) in [5.41, 5.74) is 1.81. The van der Waals surface area contributed by atoms with Gasteiger partial charge >= 0.3 is 12.2 Å². The molecule has 1 saturated heterocycles. The number of halogens is 4. The fraction of sp³-hybridized carbons (Fsp3) is 0.500. The lowest BCUT2D eigenvalue weighted by Crippen LogP contribution is -2.53. The molecule has 6 rings (SSSR count). The first kappa shape index (κ1) is 30.4. The van der Waals surface area contributed by atoms with Crippen LogP contribution in [0.15, 0.2) is 66.2 Å². The summed E-state index contributed by atoms with van der Waals surface area (Å²) in [5.74, 6) is 1.00. The van der Waals surface area contributed by atoms with Crippen LogP contribution in [0.5, 0.6) is 0 Å². The molecule has 1 aliphatic heterocycles. The topological polar surface area (TPSA) is 55.9 Å². The summed E-state index contributed by atoms with van der Waals surface area (Å²) in [6, 6.07) is 13.5. The Labute approximate surface area is 250 Å². The molecule has 2 aromatic carbocycles. The summed E-state index contributed by atoms with van der Waals surface area (Å²) in [6.07, 6.45) is -0.0278. The number of carbonyl (C=O) groups excluding carboxylic acids is 2. The average Bonchev–Trinajstić information content (AvgIpc) is 2.99. The number of hydrogen-bond acceptors (Lipinski definition) is 3. The highest BCUT2D eigenvalue weighted by Crippen LogP contribution is 2.59. The third kappa shape index (κ3) is 6.62. The number of alkyl halides is 4. The lowest BCUT2D eigenvalue weighted by atomic mass is 9.49. The fourth-order valence-electron chi connectivity index (χ4n) is 6.45. The van der Waals surface area contributed by atoms with Crippen LogP contribution in [0.1, 0.15) is 43.2 Å². The first-order valence-corrected chi connectivity index (χ1v) is 15.0. The monoisotopic (exact) mass is 602 g/mol. The molecule has 6 nitrogen and oxygen atoms in total. The van der Waals surface area contributed by atoms with E-state index in [1.54, 1.807) is 9.80 Å². The molecule has 1 heterocycles. The Morgan fingerprint density at radius 2 is 1.71 bits per heavy atom. The molecule has 3 atom stereocenters.